The minimum atomic E-state index is -0.0333. The molecule has 0 saturated heterocycles. The summed E-state index contributed by atoms with van der Waals surface area (Å²) in [7, 11) is 0. The summed E-state index contributed by atoms with van der Waals surface area (Å²) in [5.74, 6) is 3.45. The van der Waals surface area contributed by atoms with E-state index in [-0.39, 0.29) is 5.41 Å². The summed E-state index contributed by atoms with van der Waals surface area (Å²) in [5, 5.41) is 0. The molecule has 0 radical (unpaired) electrons. The summed E-state index contributed by atoms with van der Waals surface area (Å²) < 4.78 is 6.19. The van der Waals surface area contributed by atoms with Gasteiger partial charge in [0.2, 0.25) is 0 Å². The Morgan fingerprint density at radius 2 is 1.86 bits per heavy atom. The number of carbonyl (C=O) groups is 1. The van der Waals surface area contributed by atoms with Crippen molar-refractivity contribution in [2.24, 2.45) is 17.3 Å². The van der Waals surface area contributed by atoms with Crippen LogP contribution in [0.1, 0.15) is 74.1 Å². The second kappa shape index (κ2) is 7.31. The maximum Gasteiger partial charge on any atom is 0.139 e. The Labute approximate surface area is 174 Å². The van der Waals surface area contributed by atoms with Crippen molar-refractivity contribution in [1.29, 1.82) is 0 Å². The quantitative estimate of drug-likeness (QED) is 0.618. The smallest absolute Gasteiger partial charge is 0.139 e. The van der Waals surface area contributed by atoms with Gasteiger partial charge in [-0.2, -0.15) is 0 Å². The molecule has 2 fully saturated rings. The zero-order chi connectivity index (χ0) is 20.0. The Morgan fingerprint density at radius 3 is 2.69 bits per heavy atom. The second-order valence-corrected chi connectivity index (χ2v) is 9.61. The van der Waals surface area contributed by atoms with E-state index in [0.29, 0.717) is 30.1 Å². The molecule has 2 saturated carbocycles. The van der Waals surface area contributed by atoms with Crippen molar-refractivity contribution < 1.29 is 9.53 Å². The SMILES string of the molecule is CCc1ccccc1COc1ccc2c(c1)CC[C@@H]1[C@@H]2CC[C@]2(C)C(=O)CC[C@@H]12. The lowest BCUT2D eigenvalue weighted by atomic mass is 9.55. The molecule has 3 aliphatic carbocycles. The Bertz CT molecular complexity index is 930. The number of hydrogen-bond donors (Lipinski definition) is 0. The van der Waals surface area contributed by atoms with Crippen molar-refractivity contribution in [2.75, 3.05) is 0 Å². The fraction of sp³-hybridized carbons (Fsp3) is 0.519. The van der Waals surface area contributed by atoms with Gasteiger partial charge < -0.3 is 4.74 Å². The molecular weight excluding hydrogens is 356 g/mol. The highest BCUT2D eigenvalue weighted by atomic mass is 16.5. The van der Waals surface area contributed by atoms with Crippen molar-refractivity contribution in [3.63, 3.8) is 0 Å². The molecule has 2 aromatic rings. The van der Waals surface area contributed by atoms with E-state index in [2.05, 4.69) is 56.3 Å². The molecule has 0 N–H and O–H groups in total. The molecule has 0 heterocycles. The number of hydrogen-bond acceptors (Lipinski definition) is 2. The number of aryl methyl sites for hydroxylation is 2. The molecule has 2 aromatic carbocycles. The second-order valence-electron chi connectivity index (χ2n) is 9.61. The number of fused-ring (bicyclic) bond motifs is 5. The largest absolute Gasteiger partial charge is 0.489 e. The minimum Gasteiger partial charge on any atom is -0.489 e. The number of benzene rings is 2. The van der Waals surface area contributed by atoms with Crippen LogP contribution in [-0.2, 0) is 24.2 Å². The van der Waals surface area contributed by atoms with E-state index >= 15 is 0 Å². The van der Waals surface area contributed by atoms with Crippen molar-refractivity contribution in [3.05, 3.63) is 64.7 Å². The maximum atomic E-state index is 12.5. The van der Waals surface area contributed by atoms with E-state index in [0.717, 1.165) is 37.9 Å². The van der Waals surface area contributed by atoms with E-state index in [1.54, 1.807) is 0 Å². The molecule has 2 nitrogen and oxygen atoms in total. The van der Waals surface area contributed by atoms with Gasteiger partial charge in [0.15, 0.2) is 0 Å². The number of carbonyl (C=O) groups excluding carboxylic acids is 1. The first kappa shape index (κ1) is 18.9. The summed E-state index contributed by atoms with van der Waals surface area (Å²) in [6, 6.07) is 15.3. The van der Waals surface area contributed by atoms with Crippen LogP contribution in [0.15, 0.2) is 42.5 Å². The molecule has 29 heavy (non-hydrogen) atoms. The molecule has 2 heteroatoms. The van der Waals surface area contributed by atoms with Gasteiger partial charge in [-0.15, -0.1) is 0 Å². The fourth-order valence-corrected chi connectivity index (χ4v) is 6.62. The Kier molecular flexibility index (Phi) is 4.76. The summed E-state index contributed by atoms with van der Waals surface area (Å²) >= 11 is 0. The fourth-order valence-electron chi connectivity index (χ4n) is 6.62. The molecule has 0 aromatic heterocycles. The highest BCUT2D eigenvalue weighted by molar-refractivity contribution is 5.87. The molecule has 0 aliphatic heterocycles. The van der Waals surface area contributed by atoms with Crippen LogP contribution in [0.3, 0.4) is 0 Å². The van der Waals surface area contributed by atoms with Crippen LogP contribution in [0.25, 0.3) is 0 Å². The average Bonchev–Trinajstić information content (AvgIpc) is 3.06. The summed E-state index contributed by atoms with van der Waals surface area (Å²) in [6.45, 7) is 5.09. The van der Waals surface area contributed by atoms with E-state index < -0.39 is 0 Å². The molecule has 3 aliphatic rings. The Hall–Kier alpha value is -2.09. The zero-order valence-corrected chi connectivity index (χ0v) is 17.7. The molecule has 0 unspecified atom stereocenters. The molecular formula is C27H32O2. The monoisotopic (exact) mass is 388 g/mol. The summed E-state index contributed by atoms with van der Waals surface area (Å²) in [6.07, 6.45) is 7.56. The first-order valence-electron chi connectivity index (χ1n) is 11.5. The van der Waals surface area contributed by atoms with Gasteiger partial charge in [0.05, 0.1) is 0 Å². The van der Waals surface area contributed by atoms with Crippen LogP contribution in [0, 0.1) is 17.3 Å². The first-order chi connectivity index (χ1) is 14.1. The van der Waals surface area contributed by atoms with Gasteiger partial charge in [-0.05, 0) is 90.7 Å². The van der Waals surface area contributed by atoms with Crippen LogP contribution in [0.4, 0.5) is 0 Å². The average molecular weight is 389 g/mol. The van der Waals surface area contributed by atoms with E-state index in [1.807, 2.05) is 0 Å². The van der Waals surface area contributed by atoms with Crippen LogP contribution >= 0.6 is 0 Å². The lowest BCUT2D eigenvalue weighted by Gasteiger charge is -2.48. The molecule has 0 amide bonds. The molecule has 4 atom stereocenters. The molecule has 0 bridgehead atoms. The van der Waals surface area contributed by atoms with Gasteiger partial charge >= 0.3 is 0 Å². The van der Waals surface area contributed by atoms with E-state index in [9.17, 15) is 4.79 Å². The Morgan fingerprint density at radius 1 is 1.03 bits per heavy atom. The van der Waals surface area contributed by atoms with Crippen LogP contribution in [0.2, 0.25) is 0 Å². The standard InChI is InChI=1S/C27H32O2/c1-3-18-6-4-5-7-20(18)17-29-21-9-11-22-19(16-21)8-10-24-23(22)14-15-27(2)25(24)12-13-26(27)28/h4-7,9,11,16,23-25H,3,8,10,12-15,17H2,1-2H3/t23-,24-,25+,27+/m1/s1. The number of rotatable bonds is 4. The lowest BCUT2D eigenvalue weighted by Crippen LogP contribution is -2.42. The van der Waals surface area contributed by atoms with Gasteiger partial charge in [-0.3, -0.25) is 4.79 Å². The number of ketones is 1. The first-order valence-corrected chi connectivity index (χ1v) is 11.5. The molecule has 0 spiro atoms. The van der Waals surface area contributed by atoms with Gasteiger partial charge in [0.1, 0.15) is 18.1 Å². The topological polar surface area (TPSA) is 26.3 Å². The van der Waals surface area contributed by atoms with Crippen molar-refractivity contribution in [2.45, 2.75) is 71.3 Å². The van der Waals surface area contributed by atoms with E-state index in [1.165, 1.54) is 35.1 Å². The van der Waals surface area contributed by atoms with Crippen LogP contribution in [0.5, 0.6) is 5.75 Å². The normalized spacial score (nSPS) is 30.4. The van der Waals surface area contributed by atoms with Crippen molar-refractivity contribution in [1.82, 2.24) is 0 Å². The zero-order valence-electron chi connectivity index (χ0n) is 17.7. The highest BCUT2D eigenvalue weighted by Gasteiger charge is 2.54. The minimum absolute atomic E-state index is 0.0333. The van der Waals surface area contributed by atoms with Gasteiger partial charge in [0, 0.05) is 11.8 Å². The lowest BCUT2D eigenvalue weighted by molar-refractivity contribution is -0.129. The third-order valence-electron chi connectivity index (χ3n) is 8.30. The van der Waals surface area contributed by atoms with Crippen molar-refractivity contribution >= 4 is 5.78 Å². The third kappa shape index (κ3) is 3.12. The van der Waals surface area contributed by atoms with Crippen LogP contribution < -0.4 is 4.74 Å². The third-order valence-corrected chi connectivity index (χ3v) is 8.30. The van der Waals surface area contributed by atoms with E-state index in [4.69, 9.17) is 4.74 Å². The van der Waals surface area contributed by atoms with Crippen molar-refractivity contribution in [3.8, 4) is 5.75 Å². The Balaban J connectivity index is 1.34. The van der Waals surface area contributed by atoms with Crippen LogP contribution in [-0.4, -0.2) is 5.78 Å². The summed E-state index contributed by atoms with van der Waals surface area (Å²) in [5.41, 5.74) is 5.62. The highest BCUT2D eigenvalue weighted by Crippen LogP contribution is 2.59. The predicted octanol–water partition coefficient (Wildman–Crippen LogP) is 6.25. The molecule has 5 rings (SSSR count). The van der Waals surface area contributed by atoms with Gasteiger partial charge in [0.25, 0.3) is 0 Å². The molecule has 152 valence electrons. The number of Topliss-reactive ketones (excluding diaryl/α,β-unsaturated/α-hetero) is 1. The van der Waals surface area contributed by atoms with Gasteiger partial charge in [-0.25, -0.2) is 0 Å². The maximum absolute atomic E-state index is 12.5. The number of ether oxygens (including phenoxy) is 1. The summed E-state index contributed by atoms with van der Waals surface area (Å²) in [4.78, 5) is 12.5. The predicted molar refractivity (Wildman–Crippen MR) is 116 cm³/mol. The van der Waals surface area contributed by atoms with Gasteiger partial charge in [-0.1, -0.05) is 44.2 Å².